The van der Waals surface area contributed by atoms with Crippen LogP contribution in [0.25, 0.3) is 0 Å². The fourth-order valence-corrected chi connectivity index (χ4v) is 1.44. The highest BCUT2D eigenvalue weighted by Gasteiger charge is 1.75. The predicted molar refractivity (Wildman–Crippen MR) is 79.4 cm³/mol. The summed E-state index contributed by atoms with van der Waals surface area (Å²) in [5, 5.41) is 0. The first kappa shape index (κ1) is 14.8. The number of benzene rings is 2. The highest BCUT2D eigenvalue weighted by Crippen LogP contribution is 2.05. The molecule has 80 valence electrons. The minimum atomic E-state index is 0. The average molecular weight is 348 g/mol. The highest BCUT2D eigenvalue weighted by molar-refractivity contribution is 9.10. The van der Waals surface area contributed by atoms with Crippen LogP contribution in [0.3, 0.4) is 0 Å². The summed E-state index contributed by atoms with van der Waals surface area (Å²) in [6.45, 7) is 0. The normalized spacial score (nSPS) is 8.13. The van der Waals surface area contributed by atoms with E-state index < -0.39 is 0 Å². The Balaban J connectivity index is 0.000000245. The molecule has 0 spiro atoms. The molecule has 0 nitrogen and oxygen atoms in total. The van der Waals surface area contributed by atoms with Crippen LogP contribution in [-0.2, 0) is 0 Å². The van der Waals surface area contributed by atoms with Crippen LogP contribution in [0.15, 0.2) is 69.6 Å². The molecule has 0 saturated heterocycles. The fourth-order valence-electron chi connectivity index (χ4n) is 0.829. The lowest BCUT2D eigenvalue weighted by atomic mass is 10.4. The van der Waals surface area contributed by atoms with Crippen molar-refractivity contribution in [3.63, 3.8) is 0 Å². The zero-order chi connectivity index (χ0) is 10.2. The zero-order valence-electron chi connectivity index (χ0n) is 8.24. The van der Waals surface area contributed by atoms with Crippen molar-refractivity contribution < 1.29 is 0 Å². The van der Waals surface area contributed by atoms with Crippen molar-refractivity contribution >= 4 is 41.8 Å². The molecule has 0 aliphatic heterocycles. The van der Waals surface area contributed by atoms with Gasteiger partial charge in [0.15, 0.2) is 0 Å². The van der Waals surface area contributed by atoms with Crippen molar-refractivity contribution in [3.05, 3.63) is 69.6 Å². The second kappa shape index (κ2) is 9.08. The second-order valence-corrected chi connectivity index (χ2v) is 4.42. The second-order valence-electron chi connectivity index (χ2n) is 2.59. The van der Waals surface area contributed by atoms with Crippen LogP contribution in [0.2, 0.25) is 0 Å². The molecule has 15 heavy (non-hydrogen) atoms. The van der Waals surface area contributed by atoms with Gasteiger partial charge in [-0.15, -0.1) is 0 Å². The quantitative estimate of drug-likeness (QED) is 0.591. The van der Waals surface area contributed by atoms with Crippen molar-refractivity contribution in [1.29, 1.82) is 0 Å². The Morgan fingerprint density at radius 1 is 0.533 bits per heavy atom. The monoisotopic (exact) mass is 346 g/mol. The smallest absolute Gasteiger partial charge is 0.0175 e. The molecule has 0 aliphatic rings. The lowest BCUT2D eigenvalue weighted by Crippen LogP contribution is -1.55. The Morgan fingerprint density at radius 3 is 0.933 bits per heavy atom. The average Bonchev–Trinajstić information content (AvgIpc) is 2.21. The van der Waals surface area contributed by atoms with Gasteiger partial charge in [-0.2, -0.15) is 9.90 Å². The van der Waals surface area contributed by atoms with E-state index in [1.807, 2.05) is 60.7 Å². The van der Waals surface area contributed by atoms with Gasteiger partial charge < -0.3 is 0 Å². The van der Waals surface area contributed by atoms with Crippen LogP contribution in [-0.4, -0.2) is 0 Å². The number of hydrogen-bond acceptors (Lipinski definition) is 0. The highest BCUT2D eigenvalue weighted by atomic mass is 79.9. The van der Waals surface area contributed by atoms with E-state index >= 15 is 0 Å². The van der Waals surface area contributed by atoms with Crippen molar-refractivity contribution in [2.45, 2.75) is 0 Å². The molecular weight excluding hydrogens is 335 g/mol. The topological polar surface area (TPSA) is 0 Å². The SMILES string of the molecule is Brc1ccccc1.Brc1ccccc1.P. The molecule has 0 saturated carbocycles. The third kappa shape index (κ3) is 7.72. The largest absolute Gasteiger partial charge is 0.153 e. The van der Waals surface area contributed by atoms with Crippen LogP contribution in [0.1, 0.15) is 0 Å². The molecule has 0 heterocycles. The van der Waals surface area contributed by atoms with Crippen molar-refractivity contribution in [1.82, 2.24) is 0 Å². The molecule has 0 aromatic heterocycles. The number of rotatable bonds is 0. The molecule has 0 radical (unpaired) electrons. The molecule has 0 N–H and O–H groups in total. The summed E-state index contributed by atoms with van der Waals surface area (Å²) < 4.78 is 2.27. The molecule has 0 aliphatic carbocycles. The third-order valence-electron chi connectivity index (χ3n) is 1.47. The lowest BCUT2D eigenvalue weighted by molar-refractivity contribution is 1.66. The lowest BCUT2D eigenvalue weighted by Gasteiger charge is -1.80. The van der Waals surface area contributed by atoms with Gasteiger partial charge in [0, 0.05) is 8.95 Å². The molecular formula is C12H13Br2P. The van der Waals surface area contributed by atoms with Gasteiger partial charge in [0.2, 0.25) is 0 Å². The maximum atomic E-state index is 3.31. The molecule has 3 heteroatoms. The van der Waals surface area contributed by atoms with Gasteiger partial charge in [0.05, 0.1) is 0 Å². The van der Waals surface area contributed by atoms with E-state index in [0.717, 1.165) is 8.95 Å². The van der Waals surface area contributed by atoms with Gasteiger partial charge in [-0.3, -0.25) is 0 Å². The summed E-state index contributed by atoms with van der Waals surface area (Å²) in [5.41, 5.74) is 0. The van der Waals surface area contributed by atoms with Crippen molar-refractivity contribution in [2.75, 3.05) is 0 Å². The van der Waals surface area contributed by atoms with E-state index in [1.54, 1.807) is 0 Å². The van der Waals surface area contributed by atoms with Gasteiger partial charge in [-0.05, 0) is 24.3 Å². The Kier molecular flexibility index (Phi) is 8.98. The van der Waals surface area contributed by atoms with E-state index in [9.17, 15) is 0 Å². The predicted octanol–water partition coefficient (Wildman–Crippen LogP) is 4.96. The van der Waals surface area contributed by atoms with Gasteiger partial charge in [-0.1, -0.05) is 68.3 Å². The minimum Gasteiger partial charge on any atom is -0.153 e. The van der Waals surface area contributed by atoms with Crippen LogP contribution in [0, 0.1) is 0 Å². The maximum Gasteiger partial charge on any atom is 0.0175 e. The zero-order valence-corrected chi connectivity index (χ0v) is 12.8. The Morgan fingerprint density at radius 2 is 0.800 bits per heavy atom. The molecule has 0 amide bonds. The number of halogens is 2. The molecule has 0 bridgehead atoms. The molecule has 2 aromatic rings. The van der Waals surface area contributed by atoms with Crippen LogP contribution >= 0.6 is 41.8 Å². The summed E-state index contributed by atoms with van der Waals surface area (Å²) in [5.74, 6) is 0. The van der Waals surface area contributed by atoms with Crippen molar-refractivity contribution in [3.8, 4) is 0 Å². The van der Waals surface area contributed by atoms with Gasteiger partial charge in [-0.25, -0.2) is 0 Å². The maximum absolute atomic E-state index is 3.31. The van der Waals surface area contributed by atoms with E-state index in [4.69, 9.17) is 0 Å². The van der Waals surface area contributed by atoms with Crippen LogP contribution in [0.5, 0.6) is 0 Å². The summed E-state index contributed by atoms with van der Waals surface area (Å²) >= 11 is 6.62. The molecule has 0 fully saturated rings. The summed E-state index contributed by atoms with van der Waals surface area (Å²) in [4.78, 5) is 0. The van der Waals surface area contributed by atoms with E-state index in [-0.39, 0.29) is 9.90 Å². The molecule has 1 atom stereocenters. The fraction of sp³-hybridized carbons (Fsp3) is 0. The Hall–Kier alpha value is -0.170. The van der Waals surface area contributed by atoms with Crippen molar-refractivity contribution in [2.24, 2.45) is 0 Å². The summed E-state index contributed by atoms with van der Waals surface area (Å²) in [6.07, 6.45) is 0. The third-order valence-corrected chi connectivity index (χ3v) is 2.52. The molecule has 1 unspecified atom stereocenters. The number of hydrogen-bond donors (Lipinski definition) is 0. The first-order valence-corrected chi connectivity index (χ1v) is 5.79. The Bertz CT molecular complexity index is 311. The van der Waals surface area contributed by atoms with Gasteiger partial charge >= 0.3 is 0 Å². The van der Waals surface area contributed by atoms with E-state index in [1.165, 1.54) is 0 Å². The standard InChI is InChI=1S/2C6H5Br.H3P/c2*7-6-4-2-1-3-5-6;/h2*1-5H;1H3. The van der Waals surface area contributed by atoms with Gasteiger partial charge in [0.1, 0.15) is 0 Å². The first-order chi connectivity index (χ1) is 6.79. The molecule has 2 rings (SSSR count). The molecule has 2 aromatic carbocycles. The van der Waals surface area contributed by atoms with Gasteiger partial charge in [0.25, 0.3) is 0 Å². The summed E-state index contributed by atoms with van der Waals surface area (Å²) in [6, 6.07) is 19.9. The van der Waals surface area contributed by atoms with Crippen LogP contribution in [0.4, 0.5) is 0 Å². The minimum absolute atomic E-state index is 0. The first-order valence-electron chi connectivity index (χ1n) is 4.20. The summed E-state index contributed by atoms with van der Waals surface area (Å²) in [7, 11) is 0. The van der Waals surface area contributed by atoms with E-state index in [0.29, 0.717) is 0 Å². The van der Waals surface area contributed by atoms with E-state index in [2.05, 4.69) is 31.9 Å². The van der Waals surface area contributed by atoms with Crippen LogP contribution < -0.4 is 0 Å². The Labute approximate surface area is 111 Å².